The van der Waals surface area contributed by atoms with E-state index in [9.17, 15) is 9.59 Å². The molecule has 2 rings (SSSR count). The van der Waals surface area contributed by atoms with Crippen LogP contribution in [0.3, 0.4) is 0 Å². The minimum Gasteiger partial charge on any atom is -0.347 e. The SMILES string of the molecule is CCN(CC)C(=O)c1cccc(C(=O)NCc2ccccc2)n1. The number of carbonyl (C=O) groups is 2. The number of hydrogen-bond donors (Lipinski definition) is 1. The Morgan fingerprint density at radius 3 is 2.26 bits per heavy atom. The fraction of sp³-hybridized carbons (Fsp3) is 0.278. The number of pyridine rings is 1. The summed E-state index contributed by atoms with van der Waals surface area (Å²) in [5, 5.41) is 2.81. The molecule has 0 fully saturated rings. The Labute approximate surface area is 136 Å². The predicted molar refractivity (Wildman–Crippen MR) is 89.1 cm³/mol. The third-order valence-corrected chi connectivity index (χ3v) is 3.55. The molecule has 1 aromatic heterocycles. The highest BCUT2D eigenvalue weighted by atomic mass is 16.2. The summed E-state index contributed by atoms with van der Waals surface area (Å²) in [5.41, 5.74) is 1.55. The lowest BCUT2D eigenvalue weighted by Gasteiger charge is -2.18. The molecule has 0 saturated heterocycles. The zero-order valence-electron chi connectivity index (χ0n) is 13.5. The van der Waals surface area contributed by atoms with Gasteiger partial charge >= 0.3 is 0 Å². The number of hydrogen-bond acceptors (Lipinski definition) is 3. The first kappa shape index (κ1) is 16.7. The third kappa shape index (κ3) is 4.39. The fourth-order valence-electron chi connectivity index (χ4n) is 2.22. The van der Waals surface area contributed by atoms with E-state index in [-0.39, 0.29) is 17.5 Å². The Kier molecular flexibility index (Phi) is 5.86. The second-order valence-electron chi connectivity index (χ2n) is 5.05. The smallest absolute Gasteiger partial charge is 0.272 e. The maximum absolute atomic E-state index is 12.3. The predicted octanol–water partition coefficient (Wildman–Crippen LogP) is 2.49. The molecule has 0 aliphatic heterocycles. The van der Waals surface area contributed by atoms with E-state index in [1.54, 1.807) is 23.1 Å². The largest absolute Gasteiger partial charge is 0.347 e. The summed E-state index contributed by atoms with van der Waals surface area (Å²) in [6.07, 6.45) is 0. The lowest BCUT2D eigenvalue weighted by molar-refractivity contribution is 0.0767. The van der Waals surface area contributed by atoms with Crippen molar-refractivity contribution in [2.24, 2.45) is 0 Å². The zero-order valence-corrected chi connectivity index (χ0v) is 13.5. The first-order valence-corrected chi connectivity index (χ1v) is 7.74. The minimum atomic E-state index is -0.289. The topological polar surface area (TPSA) is 62.3 Å². The molecule has 0 aliphatic rings. The van der Waals surface area contributed by atoms with E-state index >= 15 is 0 Å². The van der Waals surface area contributed by atoms with Gasteiger partial charge in [0, 0.05) is 19.6 Å². The number of rotatable bonds is 6. The molecule has 120 valence electrons. The molecule has 0 atom stereocenters. The molecule has 0 bridgehead atoms. The summed E-state index contributed by atoms with van der Waals surface area (Å²) < 4.78 is 0. The van der Waals surface area contributed by atoms with Crippen molar-refractivity contribution >= 4 is 11.8 Å². The Morgan fingerprint density at radius 2 is 1.61 bits per heavy atom. The molecule has 2 aromatic rings. The van der Waals surface area contributed by atoms with Gasteiger partial charge in [-0.1, -0.05) is 36.4 Å². The van der Waals surface area contributed by atoms with Crippen molar-refractivity contribution in [3.05, 3.63) is 65.5 Å². The van der Waals surface area contributed by atoms with Crippen molar-refractivity contribution in [3.63, 3.8) is 0 Å². The van der Waals surface area contributed by atoms with Gasteiger partial charge in [0.2, 0.25) is 0 Å². The van der Waals surface area contributed by atoms with Crippen molar-refractivity contribution < 1.29 is 9.59 Å². The molecule has 5 nitrogen and oxygen atoms in total. The fourth-order valence-corrected chi connectivity index (χ4v) is 2.22. The summed E-state index contributed by atoms with van der Waals surface area (Å²) in [5.74, 6) is -0.448. The molecule has 2 amide bonds. The van der Waals surface area contributed by atoms with Crippen LogP contribution in [0.1, 0.15) is 40.4 Å². The number of carbonyl (C=O) groups excluding carboxylic acids is 2. The third-order valence-electron chi connectivity index (χ3n) is 3.55. The Balaban J connectivity index is 2.06. The van der Waals surface area contributed by atoms with Gasteiger partial charge in [-0.25, -0.2) is 4.98 Å². The van der Waals surface area contributed by atoms with Crippen LogP contribution in [-0.2, 0) is 6.54 Å². The minimum absolute atomic E-state index is 0.160. The van der Waals surface area contributed by atoms with Crippen LogP contribution in [0.15, 0.2) is 48.5 Å². The van der Waals surface area contributed by atoms with E-state index in [1.165, 1.54) is 0 Å². The molecule has 0 spiro atoms. The summed E-state index contributed by atoms with van der Waals surface area (Å²) in [7, 11) is 0. The van der Waals surface area contributed by atoms with Gasteiger partial charge in [-0.15, -0.1) is 0 Å². The van der Waals surface area contributed by atoms with E-state index in [0.717, 1.165) is 5.56 Å². The molecule has 1 heterocycles. The van der Waals surface area contributed by atoms with Crippen molar-refractivity contribution in [2.45, 2.75) is 20.4 Å². The van der Waals surface area contributed by atoms with Gasteiger partial charge in [-0.2, -0.15) is 0 Å². The number of amides is 2. The average Bonchev–Trinajstić information content (AvgIpc) is 2.61. The van der Waals surface area contributed by atoms with Crippen LogP contribution in [0.5, 0.6) is 0 Å². The van der Waals surface area contributed by atoms with Crippen LogP contribution in [0.2, 0.25) is 0 Å². The van der Waals surface area contributed by atoms with Crippen LogP contribution in [-0.4, -0.2) is 34.8 Å². The van der Waals surface area contributed by atoms with Crippen LogP contribution in [0.25, 0.3) is 0 Å². The zero-order chi connectivity index (χ0) is 16.7. The molecule has 23 heavy (non-hydrogen) atoms. The van der Waals surface area contributed by atoms with Crippen molar-refractivity contribution in [1.29, 1.82) is 0 Å². The van der Waals surface area contributed by atoms with E-state index in [1.807, 2.05) is 44.2 Å². The molecule has 0 unspecified atom stereocenters. The van der Waals surface area contributed by atoms with Crippen LogP contribution in [0.4, 0.5) is 0 Å². The van der Waals surface area contributed by atoms with E-state index < -0.39 is 0 Å². The number of nitrogens with zero attached hydrogens (tertiary/aromatic N) is 2. The van der Waals surface area contributed by atoms with Crippen LogP contribution >= 0.6 is 0 Å². The summed E-state index contributed by atoms with van der Waals surface area (Å²) in [4.78, 5) is 30.4. The van der Waals surface area contributed by atoms with E-state index in [2.05, 4.69) is 10.3 Å². The highest BCUT2D eigenvalue weighted by Crippen LogP contribution is 2.05. The van der Waals surface area contributed by atoms with Gasteiger partial charge in [0.05, 0.1) is 0 Å². The standard InChI is InChI=1S/C18H21N3O2/c1-3-21(4-2)18(23)16-12-8-11-15(20-16)17(22)19-13-14-9-6-5-7-10-14/h5-12H,3-4,13H2,1-2H3,(H,19,22). The number of nitrogens with one attached hydrogen (secondary N) is 1. The second-order valence-corrected chi connectivity index (χ2v) is 5.05. The molecule has 0 aliphatic carbocycles. The number of aromatic nitrogens is 1. The van der Waals surface area contributed by atoms with Crippen molar-refractivity contribution in [1.82, 2.24) is 15.2 Å². The van der Waals surface area contributed by atoms with Crippen molar-refractivity contribution in [2.75, 3.05) is 13.1 Å². The first-order chi connectivity index (χ1) is 11.2. The monoisotopic (exact) mass is 311 g/mol. The maximum atomic E-state index is 12.3. The molecule has 0 saturated carbocycles. The summed E-state index contributed by atoms with van der Waals surface area (Å²) in [6, 6.07) is 14.6. The molecular weight excluding hydrogens is 290 g/mol. The van der Waals surface area contributed by atoms with E-state index in [0.29, 0.717) is 25.3 Å². The maximum Gasteiger partial charge on any atom is 0.272 e. The van der Waals surface area contributed by atoms with Crippen LogP contribution in [0, 0.1) is 0 Å². The second kappa shape index (κ2) is 8.08. The van der Waals surface area contributed by atoms with Crippen LogP contribution < -0.4 is 5.32 Å². The van der Waals surface area contributed by atoms with Gasteiger partial charge in [0.1, 0.15) is 11.4 Å². The molecule has 1 N–H and O–H groups in total. The van der Waals surface area contributed by atoms with Crippen molar-refractivity contribution in [3.8, 4) is 0 Å². The quantitative estimate of drug-likeness (QED) is 0.891. The molecule has 0 radical (unpaired) electrons. The van der Waals surface area contributed by atoms with E-state index in [4.69, 9.17) is 0 Å². The first-order valence-electron chi connectivity index (χ1n) is 7.74. The van der Waals surface area contributed by atoms with Gasteiger partial charge in [-0.05, 0) is 31.5 Å². The van der Waals surface area contributed by atoms with Gasteiger partial charge in [0.25, 0.3) is 11.8 Å². The Morgan fingerprint density at radius 1 is 0.957 bits per heavy atom. The van der Waals surface area contributed by atoms with Gasteiger partial charge in [0.15, 0.2) is 0 Å². The highest BCUT2D eigenvalue weighted by Gasteiger charge is 2.16. The molecular formula is C18H21N3O2. The molecule has 1 aromatic carbocycles. The lowest BCUT2D eigenvalue weighted by Crippen LogP contribution is -2.32. The Bertz CT molecular complexity index is 667. The summed E-state index contributed by atoms with van der Waals surface area (Å²) >= 11 is 0. The Hall–Kier alpha value is -2.69. The number of benzene rings is 1. The lowest BCUT2D eigenvalue weighted by atomic mass is 10.2. The van der Waals surface area contributed by atoms with Gasteiger partial charge in [-0.3, -0.25) is 9.59 Å². The molecule has 5 heteroatoms. The average molecular weight is 311 g/mol. The van der Waals surface area contributed by atoms with Gasteiger partial charge < -0.3 is 10.2 Å². The normalized spacial score (nSPS) is 10.2. The highest BCUT2D eigenvalue weighted by molar-refractivity contribution is 5.96. The summed E-state index contributed by atoms with van der Waals surface area (Å²) in [6.45, 7) is 5.48.